The minimum Gasteiger partial charge on any atom is -0.507 e. The van der Waals surface area contributed by atoms with Crippen LogP contribution in [0, 0.1) is 0 Å². The van der Waals surface area contributed by atoms with Gasteiger partial charge in [-0.3, -0.25) is 4.79 Å². The Balaban J connectivity index is 1.65. The first-order valence-electron chi connectivity index (χ1n) is 9.02. The fourth-order valence-corrected chi connectivity index (χ4v) is 4.28. The lowest BCUT2D eigenvalue weighted by atomic mass is 10.0. The second-order valence-corrected chi connectivity index (χ2v) is 7.41. The summed E-state index contributed by atoms with van der Waals surface area (Å²) >= 11 is 1.43. The molecule has 0 atom stereocenters. The van der Waals surface area contributed by atoms with Crippen molar-refractivity contribution in [1.29, 1.82) is 0 Å². The van der Waals surface area contributed by atoms with Crippen LogP contribution in [0.3, 0.4) is 0 Å². The number of nitrogens with zero attached hydrogens (tertiary/aromatic N) is 3. The fraction of sp³-hybridized carbons (Fsp3) is 0. The third kappa shape index (κ3) is 2.99. The lowest BCUT2D eigenvalue weighted by Gasteiger charge is -2.05. The van der Waals surface area contributed by atoms with E-state index in [1.54, 1.807) is 6.07 Å². The summed E-state index contributed by atoms with van der Waals surface area (Å²) in [5.74, 6) is 0.107. The van der Waals surface area contributed by atoms with Crippen molar-refractivity contribution < 1.29 is 5.11 Å². The second kappa shape index (κ2) is 7.00. The highest BCUT2D eigenvalue weighted by atomic mass is 32.1. The molecule has 0 saturated carbocycles. The Labute approximate surface area is 169 Å². The maximum atomic E-state index is 13.1. The first-order valence-corrected chi connectivity index (χ1v) is 9.90. The van der Waals surface area contributed by atoms with Gasteiger partial charge < -0.3 is 5.11 Å². The second-order valence-electron chi connectivity index (χ2n) is 6.55. The molecule has 0 fully saturated rings. The van der Waals surface area contributed by atoms with Crippen LogP contribution in [0.5, 0.6) is 5.75 Å². The van der Waals surface area contributed by atoms with Crippen LogP contribution < -0.4 is 5.56 Å². The number of hydrogen-bond donors (Lipinski definition) is 1. The molecule has 0 unspecified atom stereocenters. The highest BCUT2D eigenvalue weighted by Crippen LogP contribution is 2.30. The van der Waals surface area contributed by atoms with Crippen LogP contribution in [-0.2, 0) is 0 Å². The predicted octanol–water partition coefficient (Wildman–Crippen LogP) is 4.87. The van der Waals surface area contributed by atoms with Crippen LogP contribution in [0.2, 0.25) is 0 Å². The SMILES string of the molecule is O=c1c2c(-c3ccccc3)csc2ncn1/N=C\c1c(O)ccc2ccccc12. The molecule has 1 N–H and O–H groups in total. The standard InChI is InChI=1S/C23H15N3O2S/c27-20-11-10-16-8-4-5-9-17(16)18(20)12-25-26-14-24-22-21(23(26)28)19(13-29-22)15-6-2-1-3-7-15/h1-14,27H/b25-12-. The third-order valence-electron chi connectivity index (χ3n) is 4.82. The highest BCUT2D eigenvalue weighted by Gasteiger charge is 2.13. The van der Waals surface area contributed by atoms with Crippen molar-refractivity contribution >= 4 is 38.5 Å². The van der Waals surface area contributed by atoms with Gasteiger partial charge >= 0.3 is 0 Å². The first kappa shape index (κ1) is 17.3. The molecule has 6 heteroatoms. The van der Waals surface area contributed by atoms with Crippen LogP contribution in [0.1, 0.15) is 5.56 Å². The van der Waals surface area contributed by atoms with Crippen LogP contribution in [0.15, 0.2) is 88.3 Å². The predicted molar refractivity (Wildman–Crippen MR) is 118 cm³/mol. The molecule has 140 valence electrons. The molecule has 0 saturated heterocycles. The van der Waals surface area contributed by atoms with Gasteiger partial charge in [-0.2, -0.15) is 9.78 Å². The van der Waals surface area contributed by atoms with Gasteiger partial charge in [-0.05, 0) is 22.4 Å². The fourth-order valence-electron chi connectivity index (χ4n) is 3.38. The Bertz CT molecular complexity index is 1440. The van der Waals surface area contributed by atoms with Gasteiger partial charge in [-0.15, -0.1) is 11.3 Å². The lowest BCUT2D eigenvalue weighted by Crippen LogP contribution is -2.16. The molecule has 2 aromatic heterocycles. The summed E-state index contributed by atoms with van der Waals surface area (Å²) in [6.07, 6.45) is 2.91. The number of hydrogen-bond acceptors (Lipinski definition) is 5. The van der Waals surface area contributed by atoms with E-state index in [0.717, 1.165) is 21.9 Å². The molecule has 2 heterocycles. The molecule has 0 aliphatic carbocycles. The van der Waals surface area contributed by atoms with Gasteiger partial charge in [-0.1, -0.05) is 60.7 Å². The molecule has 0 radical (unpaired) electrons. The molecule has 0 aliphatic rings. The summed E-state index contributed by atoms with van der Waals surface area (Å²) in [4.78, 5) is 18.2. The molecule has 3 aromatic carbocycles. The Hall–Kier alpha value is -3.77. The van der Waals surface area contributed by atoms with Crippen molar-refractivity contribution in [2.45, 2.75) is 0 Å². The Morgan fingerprint density at radius 3 is 2.66 bits per heavy atom. The summed E-state index contributed by atoms with van der Waals surface area (Å²) in [5.41, 5.74) is 2.13. The molecular formula is C23H15N3O2S. The maximum absolute atomic E-state index is 13.1. The Kier molecular flexibility index (Phi) is 4.18. The number of phenols is 1. The van der Waals surface area contributed by atoms with Gasteiger partial charge in [0, 0.05) is 16.5 Å². The molecule has 5 aromatic rings. The van der Waals surface area contributed by atoms with E-state index < -0.39 is 0 Å². The van der Waals surface area contributed by atoms with E-state index in [4.69, 9.17) is 0 Å². The average molecular weight is 397 g/mol. The van der Waals surface area contributed by atoms with Crippen molar-refractivity contribution in [1.82, 2.24) is 9.66 Å². The number of benzene rings is 3. The monoisotopic (exact) mass is 397 g/mol. The summed E-state index contributed by atoms with van der Waals surface area (Å²) in [7, 11) is 0. The molecule has 0 spiro atoms. The Morgan fingerprint density at radius 2 is 1.79 bits per heavy atom. The molecule has 5 nitrogen and oxygen atoms in total. The zero-order valence-electron chi connectivity index (χ0n) is 15.2. The van der Waals surface area contributed by atoms with E-state index in [1.807, 2.05) is 66.0 Å². The van der Waals surface area contributed by atoms with Crippen LogP contribution in [0.4, 0.5) is 0 Å². The smallest absolute Gasteiger partial charge is 0.283 e. The summed E-state index contributed by atoms with van der Waals surface area (Å²) in [5, 5.41) is 18.9. The number of rotatable bonds is 3. The molecule has 0 bridgehead atoms. The lowest BCUT2D eigenvalue weighted by molar-refractivity contribution is 0.475. The number of fused-ring (bicyclic) bond motifs is 2. The van der Waals surface area contributed by atoms with Gasteiger partial charge in [0.2, 0.25) is 0 Å². The normalized spacial score (nSPS) is 11.6. The van der Waals surface area contributed by atoms with E-state index in [9.17, 15) is 9.90 Å². The van der Waals surface area contributed by atoms with E-state index in [0.29, 0.717) is 15.8 Å². The van der Waals surface area contributed by atoms with E-state index >= 15 is 0 Å². The number of thiophene rings is 1. The van der Waals surface area contributed by atoms with E-state index in [2.05, 4.69) is 10.1 Å². The number of aromatic nitrogens is 2. The zero-order chi connectivity index (χ0) is 19.8. The molecule has 29 heavy (non-hydrogen) atoms. The van der Waals surface area contributed by atoms with Crippen molar-refractivity contribution in [3.8, 4) is 16.9 Å². The third-order valence-corrected chi connectivity index (χ3v) is 5.71. The largest absolute Gasteiger partial charge is 0.507 e. The minimum absolute atomic E-state index is 0.107. The number of phenolic OH excluding ortho intramolecular Hbond substituents is 1. The van der Waals surface area contributed by atoms with E-state index in [-0.39, 0.29) is 11.3 Å². The van der Waals surface area contributed by atoms with Crippen LogP contribution >= 0.6 is 11.3 Å². The van der Waals surface area contributed by atoms with Gasteiger partial charge in [-0.25, -0.2) is 4.98 Å². The zero-order valence-corrected chi connectivity index (χ0v) is 16.0. The molecular weight excluding hydrogens is 382 g/mol. The summed E-state index contributed by atoms with van der Waals surface area (Å²) in [6, 6.07) is 20.9. The van der Waals surface area contributed by atoms with Gasteiger partial charge in [0.25, 0.3) is 5.56 Å². The van der Waals surface area contributed by atoms with Gasteiger partial charge in [0.05, 0.1) is 11.6 Å². The summed E-state index contributed by atoms with van der Waals surface area (Å²) in [6.45, 7) is 0. The molecule has 5 rings (SSSR count). The van der Waals surface area contributed by atoms with Crippen molar-refractivity contribution in [3.63, 3.8) is 0 Å². The van der Waals surface area contributed by atoms with Crippen LogP contribution in [0.25, 0.3) is 32.1 Å². The van der Waals surface area contributed by atoms with Crippen molar-refractivity contribution in [2.75, 3.05) is 0 Å². The Morgan fingerprint density at radius 1 is 1.00 bits per heavy atom. The van der Waals surface area contributed by atoms with E-state index in [1.165, 1.54) is 28.6 Å². The van der Waals surface area contributed by atoms with Crippen molar-refractivity contribution in [2.24, 2.45) is 5.10 Å². The molecule has 0 amide bonds. The van der Waals surface area contributed by atoms with Crippen LogP contribution in [-0.4, -0.2) is 21.0 Å². The first-order chi connectivity index (χ1) is 14.2. The van der Waals surface area contributed by atoms with Crippen molar-refractivity contribution in [3.05, 3.63) is 94.4 Å². The maximum Gasteiger partial charge on any atom is 0.283 e. The number of aromatic hydroxyl groups is 1. The minimum atomic E-state index is -0.244. The summed E-state index contributed by atoms with van der Waals surface area (Å²) < 4.78 is 1.21. The molecule has 0 aliphatic heterocycles. The average Bonchev–Trinajstić information content (AvgIpc) is 3.20. The van der Waals surface area contributed by atoms with Gasteiger partial charge in [0.1, 0.15) is 16.9 Å². The van der Waals surface area contributed by atoms with Gasteiger partial charge in [0.15, 0.2) is 0 Å². The highest BCUT2D eigenvalue weighted by molar-refractivity contribution is 7.17. The topological polar surface area (TPSA) is 67.5 Å². The quantitative estimate of drug-likeness (QED) is 0.442.